The molecule has 2 aromatic carbocycles. The fourth-order valence-electron chi connectivity index (χ4n) is 11.1. The zero-order valence-electron chi connectivity index (χ0n) is 60.2. The predicted octanol–water partition coefficient (Wildman–Crippen LogP) is -5.75. The highest BCUT2D eigenvalue weighted by Gasteiger charge is 2.40. The van der Waals surface area contributed by atoms with Gasteiger partial charge in [0.1, 0.15) is 66.5 Å². The molecule has 0 spiro atoms. The van der Waals surface area contributed by atoms with E-state index in [9.17, 15) is 57.5 Å². The van der Waals surface area contributed by atoms with Gasteiger partial charge in [0.05, 0.1) is 0 Å². The number of aliphatic imine (C=N–C) groups is 4. The normalized spacial score (nSPS) is 15.3. The maximum absolute atomic E-state index is 14.8. The molecular weight excluding hydrogens is 1350 g/mol. The molecule has 576 valence electrons. The minimum atomic E-state index is -1.47. The molecule has 1 aliphatic rings. The maximum atomic E-state index is 14.8. The number of hydrogen-bond acceptors (Lipinski definition) is 17. The summed E-state index contributed by atoms with van der Waals surface area (Å²) in [5.74, 6) is -10.5. The number of nitrogens with one attached hydrogen (secondary N) is 10. The number of primary amides is 1. The van der Waals surface area contributed by atoms with E-state index in [4.69, 9.17) is 57.3 Å². The summed E-state index contributed by atoms with van der Waals surface area (Å²) in [5, 5.41) is 26.8. The van der Waals surface area contributed by atoms with Crippen molar-refractivity contribution >= 4 is 94.7 Å². The smallest absolute Gasteiger partial charge is 0.245 e. The van der Waals surface area contributed by atoms with Gasteiger partial charge in [-0.15, -0.1) is 0 Å². The number of carbonyl (C=O) groups excluding carboxylic acids is 12. The minimum absolute atomic E-state index is 0.00498. The molecule has 1 aliphatic heterocycles. The molecule has 11 atom stereocenters. The molecule has 12 amide bonds. The Balaban J connectivity index is 1.97. The Morgan fingerprint density at radius 3 is 1.15 bits per heavy atom. The van der Waals surface area contributed by atoms with Crippen molar-refractivity contribution in [2.45, 2.75) is 204 Å². The number of amides is 12. The van der Waals surface area contributed by atoms with E-state index in [0.717, 1.165) is 5.56 Å². The van der Waals surface area contributed by atoms with Gasteiger partial charge in [-0.05, 0) is 127 Å². The number of nitrogens with two attached hydrogens (primary N) is 10. The van der Waals surface area contributed by atoms with Gasteiger partial charge in [0, 0.05) is 52.5 Å². The molecule has 1 fully saturated rings. The summed E-state index contributed by atoms with van der Waals surface area (Å²) in [6.07, 6.45) is 1.94. The summed E-state index contributed by atoms with van der Waals surface area (Å²) in [4.78, 5) is 185. The van der Waals surface area contributed by atoms with Crippen molar-refractivity contribution < 1.29 is 57.5 Å². The molecule has 37 nitrogen and oxygen atoms in total. The van der Waals surface area contributed by atoms with Crippen LogP contribution in [0.2, 0.25) is 0 Å². The van der Waals surface area contributed by atoms with E-state index in [2.05, 4.69) is 73.1 Å². The molecule has 0 unspecified atom stereocenters. The number of benzene rings is 2. The highest BCUT2D eigenvalue weighted by atomic mass is 16.2. The molecule has 0 saturated carbocycles. The number of nitrogens with zero attached hydrogens (tertiary/aromatic N) is 5. The first kappa shape index (κ1) is 87.3. The van der Waals surface area contributed by atoms with E-state index in [0.29, 0.717) is 31.4 Å². The SMILES string of the molecule is CC(=O)N[C@@H](Cc1ccccc1)C(=O)N[C@@H](C)C(=O)N[C@@H](Cc1ccccc1)C(=O)N[C@@H](CCCN=C(N)N)C(=O)N[C@@H](CC(C)C)C(=O)N[C@@H](CCCN=C(N)N)C(=O)N[C@@H](CCCN=C(N)N)C(=O)N[C@H](C)C(=O)N[C@@H](CCCN=C(N)N)C(=O)N1CCC[C@H]1C(=O)N[C@@H](CCCCN)C(N)=O. The third kappa shape index (κ3) is 33.7. The molecule has 2 aromatic rings. The third-order valence-corrected chi connectivity index (χ3v) is 16.5. The van der Waals surface area contributed by atoms with Gasteiger partial charge in [0.15, 0.2) is 23.8 Å². The summed E-state index contributed by atoms with van der Waals surface area (Å²) < 4.78 is 0. The molecular formula is C67H111N25O12. The Morgan fingerprint density at radius 2 is 0.760 bits per heavy atom. The van der Waals surface area contributed by atoms with Crippen molar-refractivity contribution in [3.8, 4) is 0 Å². The molecule has 30 N–H and O–H groups in total. The lowest BCUT2D eigenvalue weighted by Crippen LogP contribution is -2.60. The number of carbonyl (C=O) groups is 12. The number of likely N-dealkylation sites (tertiary alicyclic amines) is 1. The highest BCUT2D eigenvalue weighted by molar-refractivity contribution is 5.99. The lowest BCUT2D eigenvalue weighted by molar-refractivity contribution is -0.142. The van der Waals surface area contributed by atoms with Crippen LogP contribution in [0, 0.1) is 5.92 Å². The molecule has 0 aromatic heterocycles. The molecule has 1 heterocycles. The van der Waals surface area contributed by atoms with Crippen molar-refractivity contribution in [1.82, 2.24) is 58.1 Å². The van der Waals surface area contributed by atoms with Crippen LogP contribution in [0.3, 0.4) is 0 Å². The fourth-order valence-corrected chi connectivity index (χ4v) is 11.1. The molecule has 0 aliphatic carbocycles. The molecule has 104 heavy (non-hydrogen) atoms. The van der Waals surface area contributed by atoms with Gasteiger partial charge >= 0.3 is 0 Å². The monoisotopic (exact) mass is 1460 g/mol. The average molecular weight is 1460 g/mol. The minimum Gasteiger partial charge on any atom is -0.370 e. The summed E-state index contributed by atoms with van der Waals surface area (Å²) in [7, 11) is 0. The predicted molar refractivity (Wildman–Crippen MR) is 393 cm³/mol. The number of rotatable bonds is 47. The van der Waals surface area contributed by atoms with E-state index < -0.39 is 137 Å². The zero-order valence-corrected chi connectivity index (χ0v) is 60.2. The van der Waals surface area contributed by atoms with Gasteiger partial charge in [-0.2, -0.15) is 0 Å². The second kappa shape index (κ2) is 46.6. The van der Waals surface area contributed by atoms with Gasteiger partial charge in [0.2, 0.25) is 70.9 Å². The van der Waals surface area contributed by atoms with E-state index in [1.807, 2.05) is 0 Å². The highest BCUT2D eigenvalue weighted by Crippen LogP contribution is 2.21. The van der Waals surface area contributed by atoms with Gasteiger partial charge in [0.25, 0.3) is 0 Å². The summed E-state index contributed by atoms with van der Waals surface area (Å²) in [5.41, 5.74) is 57.3. The van der Waals surface area contributed by atoms with Crippen LogP contribution in [0.1, 0.15) is 136 Å². The van der Waals surface area contributed by atoms with E-state index >= 15 is 0 Å². The lowest BCUT2D eigenvalue weighted by Gasteiger charge is -2.30. The standard InChI is InChI=1S/C67H111N25O12/c1-38(2)35-49(91-58(99)47(26-16-32-80-66(74)75)88-61(102)51(37-43-21-10-7-11-22-43)90-55(96)40(4)83-59(100)50(84-41(5)93)36-42-19-8-6-9-20-42)60(101)87-46(25-15-31-79-65(72)73)57(98)86-45(24-14-30-78-64(70)71)56(97)82-39(3)54(95)89-48(27-17-33-81-67(76)77)63(104)92-34-18-28-52(92)62(103)85-44(53(69)94)23-12-13-29-68/h6-11,19-22,38-40,44-52H,12-18,23-37,68H2,1-5H3,(H2,69,94)(H,82,97)(H,83,100)(H,84,93)(H,85,103)(H,86,98)(H,87,101)(H,88,102)(H,89,95)(H,90,96)(H,91,99)(H4,70,71,78)(H4,72,73,79)(H4,74,75,80)(H4,76,77,81)/t39-,40+,44+,45+,46+,47+,48+,49+,50+,51+,52+/m1/s1. The lowest BCUT2D eigenvalue weighted by atomic mass is 10.0. The zero-order chi connectivity index (χ0) is 77.4. The first-order valence-corrected chi connectivity index (χ1v) is 34.9. The van der Waals surface area contributed by atoms with Crippen molar-refractivity contribution in [3.05, 3.63) is 71.8 Å². The quantitative estimate of drug-likeness (QED) is 0.0167. The van der Waals surface area contributed by atoms with Crippen LogP contribution in [-0.2, 0) is 70.4 Å². The number of unbranched alkanes of at least 4 members (excludes halogenated alkanes) is 1. The van der Waals surface area contributed by atoms with Crippen LogP contribution in [0.4, 0.5) is 0 Å². The Morgan fingerprint density at radius 1 is 0.413 bits per heavy atom. The van der Waals surface area contributed by atoms with Gasteiger partial charge < -0.3 is 115 Å². The Kier molecular flexibility index (Phi) is 39.1. The second-order valence-electron chi connectivity index (χ2n) is 25.8. The Hall–Kier alpha value is -10.9. The van der Waals surface area contributed by atoms with E-state index in [-0.39, 0.29) is 146 Å². The first-order valence-electron chi connectivity index (χ1n) is 34.9. The Labute approximate surface area is 606 Å². The van der Waals surface area contributed by atoms with Gasteiger partial charge in [-0.1, -0.05) is 74.5 Å². The van der Waals surface area contributed by atoms with Crippen LogP contribution in [0.15, 0.2) is 80.6 Å². The Bertz CT molecular complexity index is 3270. The molecule has 1 saturated heterocycles. The molecule has 0 bridgehead atoms. The number of guanidine groups is 4. The fraction of sp³-hybridized carbons (Fsp3) is 0.582. The summed E-state index contributed by atoms with van der Waals surface area (Å²) >= 11 is 0. The van der Waals surface area contributed by atoms with Gasteiger partial charge in [-0.3, -0.25) is 77.5 Å². The van der Waals surface area contributed by atoms with Crippen LogP contribution in [-0.4, -0.2) is 205 Å². The summed E-state index contributed by atoms with van der Waals surface area (Å²) in [6.45, 7) is 8.03. The second-order valence-corrected chi connectivity index (χ2v) is 25.8. The van der Waals surface area contributed by atoms with E-state index in [1.54, 1.807) is 74.5 Å². The van der Waals surface area contributed by atoms with Crippen molar-refractivity contribution in [2.24, 2.45) is 83.2 Å². The van der Waals surface area contributed by atoms with Crippen LogP contribution in [0.25, 0.3) is 0 Å². The number of hydrogen-bond donors (Lipinski definition) is 20. The van der Waals surface area contributed by atoms with Crippen molar-refractivity contribution in [3.63, 3.8) is 0 Å². The van der Waals surface area contributed by atoms with Crippen LogP contribution < -0.4 is 111 Å². The average Bonchev–Trinajstić information content (AvgIpc) is 1.64. The van der Waals surface area contributed by atoms with Crippen LogP contribution >= 0.6 is 0 Å². The van der Waals surface area contributed by atoms with Crippen molar-refractivity contribution in [2.75, 3.05) is 39.3 Å². The largest absolute Gasteiger partial charge is 0.370 e. The van der Waals surface area contributed by atoms with Crippen molar-refractivity contribution in [1.29, 1.82) is 0 Å². The first-order chi connectivity index (χ1) is 49.3. The van der Waals surface area contributed by atoms with Crippen LogP contribution in [0.5, 0.6) is 0 Å². The molecule has 3 rings (SSSR count). The third-order valence-electron chi connectivity index (χ3n) is 16.5. The topological polar surface area (TPSA) is 638 Å². The maximum Gasteiger partial charge on any atom is 0.245 e. The van der Waals surface area contributed by atoms with E-state index in [1.165, 1.54) is 25.7 Å². The molecule has 0 radical (unpaired) electrons. The van der Waals surface area contributed by atoms with Gasteiger partial charge in [-0.25, -0.2) is 0 Å². The molecule has 37 heteroatoms. The summed E-state index contributed by atoms with van der Waals surface area (Å²) in [6, 6.07) is 3.33.